The Morgan fingerprint density at radius 3 is 2.68 bits per heavy atom. The average molecular weight is 386 g/mol. The number of hydrogen-bond acceptors (Lipinski definition) is 7. The SMILES string of the molecule is CCN(C)c1ccc(CN2CCCCC2c2nnc(C3CCOCC3)o2)cn1. The third-order valence-corrected chi connectivity index (χ3v) is 5.99. The normalized spacial score (nSPS) is 21.7. The van der Waals surface area contributed by atoms with Crippen molar-refractivity contribution in [2.75, 3.05) is 38.3 Å². The summed E-state index contributed by atoms with van der Waals surface area (Å²) in [5.74, 6) is 2.92. The molecule has 2 fully saturated rings. The smallest absolute Gasteiger partial charge is 0.233 e. The molecule has 2 aromatic heterocycles. The molecule has 0 spiro atoms. The third-order valence-electron chi connectivity index (χ3n) is 5.99. The second kappa shape index (κ2) is 9.01. The molecule has 0 N–H and O–H groups in total. The molecule has 0 aromatic carbocycles. The van der Waals surface area contributed by atoms with Crippen LogP contribution in [-0.2, 0) is 11.3 Å². The summed E-state index contributed by atoms with van der Waals surface area (Å²) in [6, 6.07) is 4.49. The first-order chi connectivity index (χ1) is 13.7. The maximum Gasteiger partial charge on any atom is 0.233 e. The lowest BCUT2D eigenvalue weighted by molar-refractivity contribution is 0.0768. The molecule has 2 aromatic rings. The van der Waals surface area contributed by atoms with Gasteiger partial charge >= 0.3 is 0 Å². The van der Waals surface area contributed by atoms with Crippen LogP contribution in [0.4, 0.5) is 5.82 Å². The quantitative estimate of drug-likeness (QED) is 0.753. The highest BCUT2D eigenvalue weighted by atomic mass is 16.5. The molecule has 2 aliphatic heterocycles. The van der Waals surface area contributed by atoms with Crippen LogP contribution in [0.15, 0.2) is 22.7 Å². The fraction of sp³-hybridized carbons (Fsp3) is 0.667. The van der Waals surface area contributed by atoms with Crippen LogP contribution in [0.1, 0.15) is 68.3 Å². The van der Waals surface area contributed by atoms with E-state index in [0.29, 0.717) is 5.92 Å². The van der Waals surface area contributed by atoms with Crippen LogP contribution < -0.4 is 4.90 Å². The van der Waals surface area contributed by atoms with E-state index in [1.807, 2.05) is 6.20 Å². The van der Waals surface area contributed by atoms with Gasteiger partial charge in [-0.2, -0.15) is 0 Å². The van der Waals surface area contributed by atoms with Crippen molar-refractivity contribution < 1.29 is 9.15 Å². The number of aromatic nitrogens is 3. The Balaban J connectivity index is 1.45. The number of rotatable bonds is 6. The van der Waals surface area contributed by atoms with E-state index in [1.54, 1.807) is 0 Å². The molecule has 0 bridgehead atoms. The van der Waals surface area contributed by atoms with Crippen LogP contribution in [0, 0.1) is 0 Å². The molecule has 1 unspecified atom stereocenters. The zero-order valence-corrected chi connectivity index (χ0v) is 17.0. The van der Waals surface area contributed by atoms with Gasteiger partial charge in [-0.15, -0.1) is 10.2 Å². The second-order valence-electron chi connectivity index (χ2n) is 7.89. The Morgan fingerprint density at radius 2 is 1.93 bits per heavy atom. The fourth-order valence-electron chi connectivity index (χ4n) is 4.08. The highest BCUT2D eigenvalue weighted by Crippen LogP contribution is 2.33. The van der Waals surface area contributed by atoms with E-state index in [2.05, 4.69) is 51.1 Å². The molecule has 0 saturated carbocycles. The van der Waals surface area contributed by atoms with Gasteiger partial charge < -0.3 is 14.1 Å². The molecular weight excluding hydrogens is 354 g/mol. The predicted molar refractivity (Wildman–Crippen MR) is 107 cm³/mol. The minimum absolute atomic E-state index is 0.202. The van der Waals surface area contributed by atoms with E-state index in [-0.39, 0.29) is 6.04 Å². The molecule has 7 heteroatoms. The minimum atomic E-state index is 0.202. The first-order valence-corrected chi connectivity index (χ1v) is 10.6. The van der Waals surface area contributed by atoms with E-state index in [9.17, 15) is 0 Å². The molecular formula is C21H31N5O2. The first kappa shape index (κ1) is 19.3. The number of anilines is 1. The fourth-order valence-corrected chi connectivity index (χ4v) is 4.08. The Hall–Kier alpha value is -1.99. The van der Waals surface area contributed by atoms with Crippen molar-refractivity contribution in [1.82, 2.24) is 20.1 Å². The number of hydrogen-bond donors (Lipinski definition) is 0. The van der Waals surface area contributed by atoms with E-state index >= 15 is 0 Å². The van der Waals surface area contributed by atoms with Gasteiger partial charge in [-0.3, -0.25) is 4.90 Å². The highest BCUT2D eigenvalue weighted by molar-refractivity contribution is 5.38. The summed E-state index contributed by atoms with van der Waals surface area (Å²) in [4.78, 5) is 9.22. The summed E-state index contributed by atoms with van der Waals surface area (Å²) in [6.45, 7) is 6.57. The Morgan fingerprint density at radius 1 is 1.11 bits per heavy atom. The van der Waals surface area contributed by atoms with Gasteiger partial charge in [0.2, 0.25) is 11.8 Å². The standard InChI is InChI=1S/C21H31N5O2/c1-3-25(2)19-8-7-16(14-22-19)15-26-11-5-4-6-18(26)21-24-23-20(28-21)17-9-12-27-13-10-17/h7-8,14,17-18H,3-6,9-13,15H2,1-2H3. The summed E-state index contributed by atoms with van der Waals surface area (Å²) in [5.41, 5.74) is 1.23. The number of nitrogens with zero attached hydrogens (tertiary/aromatic N) is 5. The molecule has 4 rings (SSSR count). The molecule has 28 heavy (non-hydrogen) atoms. The molecule has 4 heterocycles. The molecule has 0 aliphatic carbocycles. The van der Waals surface area contributed by atoms with E-state index in [4.69, 9.17) is 9.15 Å². The van der Waals surface area contributed by atoms with Gasteiger partial charge in [0.05, 0.1) is 6.04 Å². The van der Waals surface area contributed by atoms with Gasteiger partial charge in [0.25, 0.3) is 0 Å². The molecule has 152 valence electrons. The molecule has 2 saturated heterocycles. The maximum absolute atomic E-state index is 6.15. The summed E-state index contributed by atoms with van der Waals surface area (Å²) in [5, 5.41) is 8.81. The molecule has 2 aliphatic rings. The van der Waals surface area contributed by atoms with Crippen molar-refractivity contribution in [3.8, 4) is 0 Å². The van der Waals surface area contributed by atoms with Crippen molar-refractivity contribution in [1.29, 1.82) is 0 Å². The average Bonchev–Trinajstić information content (AvgIpc) is 3.25. The zero-order valence-electron chi connectivity index (χ0n) is 17.0. The monoisotopic (exact) mass is 385 g/mol. The first-order valence-electron chi connectivity index (χ1n) is 10.6. The van der Waals surface area contributed by atoms with Gasteiger partial charge in [-0.05, 0) is 50.8 Å². The van der Waals surface area contributed by atoms with E-state index < -0.39 is 0 Å². The van der Waals surface area contributed by atoms with Crippen LogP contribution in [0.5, 0.6) is 0 Å². The Kier molecular flexibility index (Phi) is 6.22. The van der Waals surface area contributed by atoms with Gasteiger partial charge in [-0.25, -0.2) is 4.98 Å². The largest absolute Gasteiger partial charge is 0.423 e. The zero-order chi connectivity index (χ0) is 19.3. The molecule has 1 atom stereocenters. The van der Waals surface area contributed by atoms with Gasteiger partial charge in [0.15, 0.2) is 0 Å². The number of piperidine rings is 1. The second-order valence-corrected chi connectivity index (χ2v) is 7.89. The van der Waals surface area contributed by atoms with Crippen LogP contribution in [-0.4, -0.2) is 53.4 Å². The van der Waals surface area contributed by atoms with Crippen molar-refractivity contribution in [2.45, 2.75) is 57.5 Å². The van der Waals surface area contributed by atoms with Crippen LogP contribution in [0.3, 0.4) is 0 Å². The van der Waals surface area contributed by atoms with Crippen LogP contribution >= 0.6 is 0 Å². The van der Waals surface area contributed by atoms with E-state index in [1.165, 1.54) is 18.4 Å². The predicted octanol–water partition coefficient (Wildman–Crippen LogP) is 3.54. The number of pyridine rings is 1. The lowest BCUT2D eigenvalue weighted by Crippen LogP contribution is -2.33. The maximum atomic E-state index is 6.15. The van der Waals surface area contributed by atoms with Gasteiger partial charge in [0, 0.05) is 45.5 Å². The summed E-state index contributed by atoms with van der Waals surface area (Å²) in [6.07, 6.45) is 7.42. The lowest BCUT2D eigenvalue weighted by Gasteiger charge is -2.33. The Labute approximate surface area is 167 Å². The lowest BCUT2D eigenvalue weighted by atomic mass is 10.0. The van der Waals surface area contributed by atoms with Crippen molar-refractivity contribution >= 4 is 5.82 Å². The minimum Gasteiger partial charge on any atom is -0.423 e. The van der Waals surface area contributed by atoms with Crippen LogP contribution in [0.2, 0.25) is 0 Å². The topological polar surface area (TPSA) is 67.5 Å². The Bertz CT molecular complexity index is 742. The van der Waals surface area contributed by atoms with Crippen molar-refractivity contribution in [3.63, 3.8) is 0 Å². The van der Waals surface area contributed by atoms with Crippen molar-refractivity contribution in [2.24, 2.45) is 0 Å². The molecule has 0 radical (unpaired) electrons. The number of likely N-dealkylation sites (tertiary alicyclic amines) is 1. The van der Waals surface area contributed by atoms with E-state index in [0.717, 1.165) is 69.7 Å². The summed E-state index contributed by atoms with van der Waals surface area (Å²) >= 11 is 0. The highest BCUT2D eigenvalue weighted by Gasteiger charge is 2.30. The van der Waals surface area contributed by atoms with Crippen LogP contribution in [0.25, 0.3) is 0 Å². The number of ether oxygens (including phenoxy) is 1. The third kappa shape index (κ3) is 4.36. The summed E-state index contributed by atoms with van der Waals surface area (Å²) in [7, 11) is 2.06. The molecule has 7 nitrogen and oxygen atoms in total. The molecule has 0 amide bonds. The van der Waals surface area contributed by atoms with Gasteiger partial charge in [-0.1, -0.05) is 12.5 Å². The van der Waals surface area contributed by atoms with Gasteiger partial charge in [0.1, 0.15) is 5.82 Å². The summed E-state index contributed by atoms with van der Waals surface area (Å²) < 4.78 is 11.6. The van der Waals surface area contributed by atoms with Crippen molar-refractivity contribution in [3.05, 3.63) is 35.7 Å².